The Bertz CT molecular complexity index is 571. The van der Waals surface area contributed by atoms with E-state index in [1.165, 1.54) is 35.6 Å². The van der Waals surface area contributed by atoms with Gasteiger partial charge in [0.15, 0.2) is 0 Å². The molecule has 0 spiro atoms. The average Bonchev–Trinajstić information content (AvgIpc) is 2.41. The molecule has 1 nitrogen and oxygen atoms in total. The van der Waals surface area contributed by atoms with E-state index in [2.05, 4.69) is 49.5 Å². The number of hydrogen-bond acceptors (Lipinski definition) is 1. The molecule has 1 aliphatic rings. The summed E-state index contributed by atoms with van der Waals surface area (Å²) < 4.78 is 0. The van der Waals surface area contributed by atoms with E-state index in [9.17, 15) is 0 Å². The lowest BCUT2D eigenvalue weighted by Crippen LogP contribution is -2.25. The van der Waals surface area contributed by atoms with Gasteiger partial charge >= 0.3 is 0 Å². The van der Waals surface area contributed by atoms with Crippen LogP contribution in [-0.4, -0.2) is 6.54 Å². The van der Waals surface area contributed by atoms with Crippen LogP contribution >= 0.6 is 0 Å². The van der Waals surface area contributed by atoms with E-state index >= 15 is 0 Å². The predicted molar refractivity (Wildman–Crippen MR) is 78.0 cm³/mol. The summed E-state index contributed by atoms with van der Waals surface area (Å²) in [6, 6.07) is 11.8. The SMILES string of the molecule is CCNC1CCCc2c1cc(C)c1ccccc21. The van der Waals surface area contributed by atoms with Gasteiger partial charge in [0, 0.05) is 6.04 Å². The quantitative estimate of drug-likeness (QED) is 0.830. The van der Waals surface area contributed by atoms with Gasteiger partial charge in [0.05, 0.1) is 0 Å². The Morgan fingerprint density at radius 3 is 2.78 bits per heavy atom. The second-order valence-electron chi connectivity index (χ2n) is 5.31. The second kappa shape index (κ2) is 4.74. The van der Waals surface area contributed by atoms with Gasteiger partial charge in [0.2, 0.25) is 0 Å². The van der Waals surface area contributed by atoms with Gasteiger partial charge in [-0.2, -0.15) is 0 Å². The number of fused-ring (bicyclic) bond motifs is 3. The van der Waals surface area contributed by atoms with Crippen molar-refractivity contribution >= 4 is 10.8 Å². The summed E-state index contributed by atoms with van der Waals surface area (Å²) in [5, 5.41) is 6.52. The fourth-order valence-corrected chi connectivity index (χ4v) is 3.33. The molecule has 0 fully saturated rings. The van der Waals surface area contributed by atoms with Crippen LogP contribution in [0.15, 0.2) is 30.3 Å². The molecule has 1 heteroatoms. The Balaban J connectivity index is 2.22. The molecule has 3 rings (SSSR count). The highest BCUT2D eigenvalue weighted by Gasteiger charge is 2.21. The van der Waals surface area contributed by atoms with Crippen LogP contribution in [0.3, 0.4) is 0 Å². The molecule has 0 saturated heterocycles. The Labute approximate surface area is 109 Å². The van der Waals surface area contributed by atoms with Gasteiger partial charge < -0.3 is 5.32 Å². The molecule has 1 unspecified atom stereocenters. The van der Waals surface area contributed by atoms with Crippen LogP contribution in [0.25, 0.3) is 10.8 Å². The average molecular weight is 239 g/mol. The minimum Gasteiger partial charge on any atom is -0.310 e. The van der Waals surface area contributed by atoms with Gasteiger partial charge in [-0.15, -0.1) is 0 Å². The van der Waals surface area contributed by atoms with E-state index in [1.807, 2.05) is 0 Å². The van der Waals surface area contributed by atoms with E-state index < -0.39 is 0 Å². The maximum atomic E-state index is 3.63. The first-order valence-corrected chi connectivity index (χ1v) is 7.05. The molecule has 2 aromatic rings. The second-order valence-corrected chi connectivity index (χ2v) is 5.31. The third-order valence-corrected chi connectivity index (χ3v) is 4.14. The Morgan fingerprint density at radius 1 is 1.22 bits per heavy atom. The number of aryl methyl sites for hydroxylation is 2. The molecule has 0 aliphatic heterocycles. The molecule has 94 valence electrons. The third kappa shape index (κ3) is 1.83. The highest BCUT2D eigenvalue weighted by Crippen LogP contribution is 2.36. The van der Waals surface area contributed by atoms with Crippen LogP contribution in [0.1, 0.15) is 42.5 Å². The van der Waals surface area contributed by atoms with Crippen molar-refractivity contribution in [1.82, 2.24) is 5.32 Å². The molecule has 0 radical (unpaired) electrons. The van der Waals surface area contributed by atoms with Crippen molar-refractivity contribution in [2.24, 2.45) is 0 Å². The van der Waals surface area contributed by atoms with E-state index in [0.29, 0.717) is 6.04 Å². The zero-order valence-corrected chi connectivity index (χ0v) is 11.3. The first-order valence-electron chi connectivity index (χ1n) is 7.05. The van der Waals surface area contributed by atoms with Crippen molar-refractivity contribution in [3.8, 4) is 0 Å². The molecule has 0 bridgehead atoms. The smallest absolute Gasteiger partial charge is 0.0323 e. The highest BCUT2D eigenvalue weighted by molar-refractivity contribution is 5.90. The molecule has 2 aromatic carbocycles. The normalized spacial score (nSPS) is 18.9. The number of rotatable bonds is 2. The number of benzene rings is 2. The lowest BCUT2D eigenvalue weighted by molar-refractivity contribution is 0.473. The number of nitrogens with one attached hydrogen (secondary N) is 1. The summed E-state index contributed by atoms with van der Waals surface area (Å²) in [4.78, 5) is 0. The van der Waals surface area contributed by atoms with Crippen LogP contribution in [0.5, 0.6) is 0 Å². The van der Waals surface area contributed by atoms with Gasteiger partial charge in [-0.1, -0.05) is 37.3 Å². The monoisotopic (exact) mass is 239 g/mol. The standard InChI is InChI=1S/C17H21N/c1-3-18-17-10-6-9-15-14-8-5-4-7-13(14)12(2)11-16(15)17/h4-5,7-8,11,17-18H,3,6,9-10H2,1-2H3. The molecular formula is C17H21N. The Hall–Kier alpha value is -1.34. The van der Waals surface area contributed by atoms with Crippen molar-refractivity contribution in [3.05, 3.63) is 47.0 Å². The van der Waals surface area contributed by atoms with Crippen LogP contribution in [0, 0.1) is 6.92 Å². The summed E-state index contributed by atoms with van der Waals surface area (Å²) in [7, 11) is 0. The van der Waals surface area contributed by atoms with Crippen LogP contribution in [-0.2, 0) is 6.42 Å². The fraction of sp³-hybridized carbons (Fsp3) is 0.412. The highest BCUT2D eigenvalue weighted by atomic mass is 14.9. The zero-order chi connectivity index (χ0) is 12.5. The van der Waals surface area contributed by atoms with Crippen molar-refractivity contribution in [3.63, 3.8) is 0 Å². The van der Waals surface area contributed by atoms with E-state index in [1.54, 1.807) is 11.1 Å². The molecule has 18 heavy (non-hydrogen) atoms. The first kappa shape index (κ1) is 11.7. The summed E-state index contributed by atoms with van der Waals surface area (Å²) in [5.41, 5.74) is 4.53. The first-order chi connectivity index (χ1) is 8.81. The van der Waals surface area contributed by atoms with Crippen LogP contribution in [0.4, 0.5) is 0 Å². The van der Waals surface area contributed by atoms with Crippen molar-refractivity contribution in [2.45, 2.75) is 39.2 Å². The van der Waals surface area contributed by atoms with Crippen molar-refractivity contribution in [1.29, 1.82) is 0 Å². The van der Waals surface area contributed by atoms with Crippen molar-refractivity contribution in [2.75, 3.05) is 6.54 Å². The van der Waals surface area contributed by atoms with Crippen molar-refractivity contribution < 1.29 is 0 Å². The molecule has 0 aromatic heterocycles. The maximum Gasteiger partial charge on any atom is 0.0323 e. The minimum atomic E-state index is 0.557. The third-order valence-electron chi connectivity index (χ3n) is 4.14. The summed E-state index contributed by atoms with van der Waals surface area (Å²) in [6.45, 7) is 5.48. The molecule has 1 N–H and O–H groups in total. The van der Waals surface area contributed by atoms with E-state index in [-0.39, 0.29) is 0 Å². The lowest BCUT2D eigenvalue weighted by atomic mass is 9.83. The summed E-state index contributed by atoms with van der Waals surface area (Å²) in [6.07, 6.45) is 3.81. The van der Waals surface area contributed by atoms with Crippen LogP contribution in [0.2, 0.25) is 0 Å². The molecular weight excluding hydrogens is 218 g/mol. The molecule has 0 amide bonds. The maximum absolute atomic E-state index is 3.63. The van der Waals surface area contributed by atoms with Crippen LogP contribution < -0.4 is 5.32 Å². The van der Waals surface area contributed by atoms with E-state index in [4.69, 9.17) is 0 Å². The minimum absolute atomic E-state index is 0.557. The lowest BCUT2D eigenvalue weighted by Gasteiger charge is -2.28. The number of hydrogen-bond donors (Lipinski definition) is 1. The molecule has 1 atom stereocenters. The van der Waals surface area contributed by atoms with Gasteiger partial charge in [0.25, 0.3) is 0 Å². The largest absolute Gasteiger partial charge is 0.310 e. The molecule has 0 saturated carbocycles. The van der Waals surface area contributed by atoms with E-state index in [0.717, 1.165) is 6.54 Å². The topological polar surface area (TPSA) is 12.0 Å². The van der Waals surface area contributed by atoms with Gasteiger partial charge in [-0.05, 0) is 60.2 Å². The summed E-state index contributed by atoms with van der Waals surface area (Å²) in [5.74, 6) is 0. The molecule has 0 heterocycles. The zero-order valence-electron chi connectivity index (χ0n) is 11.3. The Kier molecular flexibility index (Phi) is 3.09. The molecule has 1 aliphatic carbocycles. The predicted octanol–water partition coefficient (Wildman–Crippen LogP) is 4.14. The Morgan fingerprint density at radius 2 is 2.00 bits per heavy atom. The van der Waals surface area contributed by atoms with Gasteiger partial charge in [0.1, 0.15) is 0 Å². The van der Waals surface area contributed by atoms with Gasteiger partial charge in [-0.25, -0.2) is 0 Å². The fourth-order valence-electron chi connectivity index (χ4n) is 3.33. The summed E-state index contributed by atoms with van der Waals surface area (Å²) >= 11 is 0. The van der Waals surface area contributed by atoms with Gasteiger partial charge in [-0.3, -0.25) is 0 Å².